The van der Waals surface area contributed by atoms with Crippen LogP contribution in [0.15, 0.2) is 35.1 Å². The van der Waals surface area contributed by atoms with Crippen molar-refractivity contribution in [1.29, 1.82) is 0 Å². The first-order valence-electron chi connectivity index (χ1n) is 9.01. The van der Waals surface area contributed by atoms with E-state index in [9.17, 15) is 4.79 Å². The van der Waals surface area contributed by atoms with Gasteiger partial charge in [0.25, 0.3) is 5.91 Å². The Morgan fingerprint density at radius 1 is 1.42 bits per heavy atom. The van der Waals surface area contributed by atoms with Gasteiger partial charge in [-0.15, -0.1) is 0 Å². The van der Waals surface area contributed by atoms with Crippen LogP contribution in [0.4, 0.5) is 0 Å². The first kappa shape index (κ1) is 17.2. The van der Waals surface area contributed by atoms with Crippen molar-refractivity contribution in [2.75, 3.05) is 19.7 Å². The molecule has 0 N–H and O–H groups in total. The second-order valence-corrected chi connectivity index (χ2v) is 7.11. The third kappa shape index (κ3) is 3.64. The topological polar surface area (TPSA) is 77.7 Å². The van der Waals surface area contributed by atoms with Gasteiger partial charge in [0.05, 0.1) is 24.9 Å². The summed E-state index contributed by atoms with van der Waals surface area (Å²) in [5, 5.41) is 3.82. The number of piperidine rings is 1. The van der Waals surface area contributed by atoms with Gasteiger partial charge < -0.3 is 18.9 Å². The van der Waals surface area contributed by atoms with Crippen molar-refractivity contribution in [2.24, 2.45) is 0 Å². The van der Waals surface area contributed by atoms with E-state index >= 15 is 0 Å². The lowest BCUT2D eigenvalue weighted by Crippen LogP contribution is -2.46. The Labute approximate surface area is 152 Å². The maximum absolute atomic E-state index is 12.5. The van der Waals surface area contributed by atoms with Crippen LogP contribution in [0.3, 0.4) is 0 Å². The largest absolute Gasteiger partial charge is 0.372 e. The molecule has 4 rings (SSSR count). The second kappa shape index (κ2) is 7.17. The zero-order chi connectivity index (χ0) is 18.0. The second-order valence-electron chi connectivity index (χ2n) is 7.11. The summed E-state index contributed by atoms with van der Waals surface area (Å²) in [4.78, 5) is 18.4. The smallest absolute Gasteiger partial charge is 0.276 e. The summed E-state index contributed by atoms with van der Waals surface area (Å²) in [5.74, 6) is 0.577. The molecule has 7 nitrogen and oxygen atoms in total. The monoisotopic (exact) mass is 357 g/mol. The number of rotatable bonds is 4. The highest BCUT2D eigenvalue weighted by Gasteiger charge is 2.44. The van der Waals surface area contributed by atoms with E-state index in [1.54, 1.807) is 19.2 Å². The predicted octanol–water partition coefficient (Wildman–Crippen LogP) is 2.36. The van der Waals surface area contributed by atoms with Gasteiger partial charge in [-0.1, -0.05) is 11.2 Å². The van der Waals surface area contributed by atoms with Crippen molar-refractivity contribution >= 4 is 5.91 Å². The van der Waals surface area contributed by atoms with Gasteiger partial charge in [0.1, 0.15) is 5.76 Å². The number of carbonyl (C=O) groups excluding carboxylic acids is 1. The molecule has 2 aromatic heterocycles. The molecule has 2 aliphatic rings. The summed E-state index contributed by atoms with van der Waals surface area (Å²) in [7, 11) is 0. The maximum Gasteiger partial charge on any atom is 0.276 e. The van der Waals surface area contributed by atoms with Crippen molar-refractivity contribution < 1.29 is 18.8 Å². The fourth-order valence-corrected chi connectivity index (χ4v) is 3.70. The van der Waals surface area contributed by atoms with Crippen LogP contribution < -0.4 is 0 Å². The fraction of sp³-hybridized carbons (Fsp3) is 0.526. The molecule has 1 atom stereocenters. The minimum atomic E-state index is -0.171. The molecule has 2 aliphatic heterocycles. The van der Waals surface area contributed by atoms with E-state index in [0.717, 1.165) is 24.8 Å². The van der Waals surface area contributed by atoms with Crippen molar-refractivity contribution in [2.45, 2.75) is 44.5 Å². The van der Waals surface area contributed by atoms with Crippen LogP contribution in [-0.4, -0.2) is 52.3 Å². The number of hydrogen-bond acceptors (Lipinski definition) is 6. The summed E-state index contributed by atoms with van der Waals surface area (Å²) in [5.41, 5.74) is 1.27. The number of pyridine rings is 1. The van der Waals surface area contributed by atoms with Gasteiger partial charge in [0, 0.05) is 38.0 Å². The Morgan fingerprint density at radius 2 is 2.27 bits per heavy atom. The number of amides is 1. The Kier molecular flexibility index (Phi) is 4.74. The number of nitrogens with zero attached hydrogens (tertiary/aromatic N) is 3. The summed E-state index contributed by atoms with van der Waals surface area (Å²) in [6.45, 7) is 4.28. The third-order valence-corrected chi connectivity index (χ3v) is 5.19. The Balaban J connectivity index is 1.28. The predicted molar refractivity (Wildman–Crippen MR) is 92.5 cm³/mol. The molecule has 0 bridgehead atoms. The van der Waals surface area contributed by atoms with Gasteiger partial charge in [-0.25, -0.2) is 0 Å². The van der Waals surface area contributed by atoms with Crippen LogP contribution in [-0.2, 0) is 16.1 Å². The summed E-state index contributed by atoms with van der Waals surface area (Å²) < 4.78 is 17.1. The molecule has 2 fully saturated rings. The van der Waals surface area contributed by atoms with Crippen molar-refractivity contribution in [3.05, 3.63) is 47.6 Å². The van der Waals surface area contributed by atoms with Gasteiger partial charge in [-0.3, -0.25) is 9.78 Å². The van der Waals surface area contributed by atoms with Crippen LogP contribution in [0.5, 0.6) is 0 Å². The van der Waals surface area contributed by atoms with Crippen molar-refractivity contribution in [1.82, 2.24) is 15.0 Å². The lowest BCUT2D eigenvalue weighted by molar-refractivity contribution is -0.0413. The molecular formula is C19H23N3O4. The van der Waals surface area contributed by atoms with Crippen LogP contribution in [0.25, 0.3) is 0 Å². The molecule has 1 amide bonds. The highest BCUT2D eigenvalue weighted by molar-refractivity contribution is 5.92. The average molecular weight is 357 g/mol. The third-order valence-electron chi connectivity index (χ3n) is 5.19. The fourth-order valence-electron chi connectivity index (χ4n) is 3.70. The van der Waals surface area contributed by atoms with Crippen LogP contribution in [0.1, 0.15) is 41.1 Å². The molecule has 0 aromatic carbocycles. The Morgan fingerprint density at radius 3 is 2.96 bits per heavy atom. The molecule has 2 aromatic rings. The van der Waals surface area contributed by atoms with Crippen molar-refractivity contribution in [3.63, 3.8) is 0 Å². The van der Waals surface area contributed by atoms with E-state index in [4.69, 9.17) is 14.0 Å². The number of hydrogen-bond donors (Lipinski definition) is 0. The number of carbonyl (C=O) groups is 1. The number of aryl methyl sites for hydroxylation is 1. The lowest BCUT2D eigenvalue weighted by Gasteiger charge is -2.38. The summed E-state index contributed by atoms with van der Waals surface area (Å²) >= 11 is 0. The molecule has 26 heavy (non-hydrogen) atoms. The van der Waals surface area contributed by atoms with Gasteiger partial charge in [0.2, 0.25) is 0 Å². The van der Waals surface area contributed by atoms with Crippen LogP contribution in [0, 0.1) is 6.92 Å². The molecule has 7 heteroatoms. The standard InChI is InChI=1S/C19H23N3O4/c1-14-9-17(21-26-14)18(23)22-7-4-19(5-8-22)10-16(13-25-19)24-12-15-3-2-6-20-11-15/h2-3,6,9,11,16H,4-5,7-8,10,12-13H2,1H3. The molecule has 1 spiro atoms. The van der Waals surface area contributed by atoms with E-state index in [-0.39, 0.29) is 17.6 Å². The normalized spacial score (nSPS) is 22.0. The molecule has 1 unspecified atom stereocenters. The summed E-state index contributed by atoms with van der Waals surface area (Å²) in [6, 6.07) is 5.60. The summed E-state index contributed by atoms with van der Waals surface area (Å²) in [6.07, 6.45) is 6.19. The molecule has 0 saturated carbocycles. The van der Waals surface area contributed by atoms with Crippen LogP contribution >= 0.6 is 0 Å². The molecule has 0 radical (unpaired) electrons. The average Bonchev–Trinajstić information content (AvgIpc) is 3.28. The Bertz CT molecular complexity index is 753. The molecule has 4 heterocycles. The van der Waals surface area contributed by atoms with E-state index in [1.165, 1.54) is 0 Å². The lowest BCUT2D eigenvalue weighted by atomic mass is 9.88. The number of ether oxygens (including phenoxy) is 2. The van der Waals surface area contributed by atoms with Gasteiger partial charge in [0.15, 0.2) is 5.69 Å². The molecular weight excluding hydrogens is 334 g/mol. The van der Waals surface area contributed by atoms with Crippen LogP contribution in [0.2, 0.25) is 0 Å². The van der Waals surface area contributed by atoms with Crippen molar-refractivity contribution in [3.8, 4) is 0 Å². The number of aromatic nitrogens is 2. The van der Waals surface area contributed by atoms with Gasteiger partial charge in [-0.2, -0.15) is 0 Å². The van der Waals surface area contributed by atoms with E-state index < -0.39 is 0 Å². The first-order valence-corrected chi connectivity index (χ1v) is 9.01. The minimum Gasteiger partial charge on any atom is -0.372 e. The highest BCUT2D eigenvalue weighted by atomic mass is 16.6. The van der Waals surface area contributed by atoms with Gasteiger partial charge in [-0.05, 0) is 31.4 Å². The molecule has 138 valence electrons. The van der Waals surface area contributed by atoms with E-state index in [0.29, 0.717) is 37.8 Å². The maximum atomic E-state index is 12.5. The highest BCUT2D eigenvalue weighted by Crippen LogP contribution is 2.37. The van der Waals surface area contributed by atoms with Gasteiger partial charge >= 0.3 is 0 Å². The molecule has 0 aliphatic carbocycles. The zero-order valence-corrected chi connectivity index (χ0v) is 14.9. The number of likely N-dealkylation sites (tertiary alicyclic amines) is 1. The first-order chi connectivity index (χ1) is 12.6. The van der Waals surface area contributed by atoms with E-state index in [1.807, 2.05) is 23.2 Å². The zero-order valence-electron chi connectivity index (χ0n) is 14.9. The van der Waals surface area contributed by atoms with E-state index in [2.05, 4.69) is 10.1 Å². The molecule has 2 saturated heterocycles. The minimum absolute atomic E-state index is 0.0703. The Hall–Kier alpha value is -2.25. The quantitative estimate of drug-likeness (QED) is 0.836. The SMILES string of the molecule is Cc1cc(C(=O)N2CCC3(CC2)CC(OCc2cccnc2)CO3)no1.